The highest BCUT2D eigenvalue weighted by atomic mass is 19.4. The molecule has 3 heterocycles. The number of benzene rings is 1. The van der Waals surface area contributed by atoms with Crippen molar-refractivity contribution in [1.29, 1.82) is 0 Å². The maximum atomic E-state index is 13.5. The SMILES string of the molecule is COC(=O)[C@H](Cc1ccccc1)N(Cc1ccc(N2CCOCC2)nc1)C(=O)C=Cc1ccc(C(F)(F)F)nc1. The smallest absolute Gasteiger partial charge is 0.433 e. The average Bonchev–Trinajstić information content (AvgIpc) is 2.98. The molecule has 3 aromatic rings. The Balaban J connectivity index is 1.59. The van der Waals surface area contributed by atoms with E-state index in [1.807, 2.05) is 42.5 Å². The lowest BCUT2D eigenvalue weighted by Crippen LogP contribution is -2.46. The van der Waals surface area contributed by atoms with E-state index in [-0.39, 0.29) is 13.0 Å². The van der Waals surface area contributed by atoms with Crippen LogP contribution in [0, 0.1) is 0 Å². The molecule has 0 bridgehead atoms. The zero-order valence-corrected chi connectivity index (χ0v) is 21.9. The summed E-state index contributed by atoms with van der Waals surface area (Å²) in [6.07, 6.45) is 0.901. The van der Waals surface area contributed by atoms with Crippen LogP contribution < -0.4 is 4.90 Å². The van der Waals surface area contributed by atoms with E-state index in [1.54, 1.807) is 6.20 Å². The Hall–Kier alpha value is -4.25. The minimum Gasteiger partial charge on any atom is -0.467 e. The fourth-order valence-electron chi connectivity index (χ4n) is 4.26. The molecular formula is C29H29F3N4O4. The fourth-order valence-corrected chi connectivity index (χ4v) is 4.26. The number of rotatable bonds is 9. The van der Waals surface area contributed by atoms with Gasteiger partial charge in [-0.1, -0.05) is 42.5 Å². The summed E-state index contributed by atoms with van der Waals surface area (Å²) in [6, 6.07) is 14.0. The summed E-state index contributed by atoms with van der Waals surface area (Å²) in [5.74, 6) is -0.336. The predicted octanol–water partition coefficient (Wildman–Crippen LogP) is 4.16. The van der Waals surface area contributed by atoms with E-state index in [2.05, 4.69) is 14.9 Å². The van der Waals surface area contributed by atoms with Crippen LogP contribution in [0.1, 0.15) is 22.4 Å². The molecule has 0 radical (unpaired) electrons. The molecular weight excluding hydrogens is 525 g/mol. The van der Waals surface area contributed by atoms with Crippen LogP contribution in [-0.2, 0) is 38.2 Å². The van der Waals surface area contributed by atoms with Gasteiger partial charge in [0.25, 0.3) is 0 Å². The van der Waals surface area contributed by atoms with E-state index >= 15 is 0 Å². The fraction of sp³-hybridized carbons (Fsp3) is 0.310. The van der Waals surface area contributed by atoms with Crippen molar-refractivity contribution in [2.75, 3.05) is 38.3 Å². The molecule has 1 amide bonds. The highest BCUT2D eigenvalue weighted by Crippen LogP contribution is 2.27. The number of hydrogen-bond acceptors (Lipinski definition) is 7. The molecule has 210 valence electrons. The number of morpholine rings is 1. The first-order chi connectivity index (χ1) is 19.2. The number of carbonyl (C=O) groups is 2. The van der Waals surface area contributed by atoms with E-state index in [0.29, 0.717) is 24.3 Å². The summed E-state index contributed by atoms with van der Waals surface area (Å²) in [4.78, 5) is 37.9. The number of amides is 1. The lowest BCUT2D eigenvalue weighted by Gasteiger charge is -2.30. The van der Waals surface area contributed by atoms with Crippen LogP contribution in [0.5, 0.6) is 0 Å². The normalized spacial score (nSPS) is 14.7. The largest absolute Gasteiger partial charge is 0.467 e. The molecule has 1 aromatic carbocycles. The van der Waals surface area contributed by atoms with Gasteiger partial charge in [-0.3, -0.25) is 9.78 Å². The van der Waals surface area contributed by atoms with Crippen molar-refractivity contribution in [3.05, 3.63) is 95.5 Å². The van der Waals surface area contributed by atoms with Crippen molar-refractivity contribution in [1.82, 2.24) is 14.9 Å². The second-order valence-corrected chi connectivity index (χ2v) is 9.13. The Labute approximate surface area is 230 Å². The van der Waals surface area contributed by atoms with Gasteiger partial charge >= 0.3 is 12.1 Å². The van der Waals surface area contributed by atoms with Crippen LogP contribution >= 0.6 is 0 Å². The summed E-state index contributed by atoms with van der Waals surface area (Å²) in [6.45, 7) is 2.74. The standard InChI is InChI=1S/C29H29F3N4O4/c1-39-28(38)24(17-21-5-3-2-4-6-21)36(20-23-8-11-26(34-19-23)35-13-15-40-16-14-35)27(37)12-9-22-7-10-25(33-18-22)29(30,31)32/h2-12,18-19,24H,13-17,20H2,1H3/t24-/m0/s1. The number of methoxy groups -OCH3 is 1. The van der Waals surface area contributed by atoms with E-state index in [4.69, 9.17) is 9.47 Å². The van der Waals surface area contributed by atoms with Crippen LogP contribution in [0.3, 0.4) is 0 Å². The monoisotopic (exact) mass is 554 g/mol. The molecule has 40 heavy (non-hydrogen) atoms. The number of carbonyl (C=O) groups excluding carboxylic acids is 2. The number of halogens is 3. The van der Waals surface area contributed by atoms with Gasteiger partial charge in [0, 0.05) is 44.5 Å². The molecule has 1 atom stereocenters. The Morgan fingerprint density at radius 2 is 1.77 bits per heavy atom. The molecule has 11 heteroatoms. The van der Waals surface area contributed by atoms with Crippen LogP contribution in [0.15, 0.2) is 73.1 Å². The maximum Gasteiger partial charge on any atom is 0.433 e. The van der Waals surface area contributed by atoms with Crippen molar-refractivity contribution in [3.8, 4) is 0 Å². The summed E-state index contributed by atoms with van der Waals surface area (Å²) in [7, 11) is 1.26. The van der Waals surface area contributed by atoms with E-state index < -0.39 is 29.8 Å². The summed E-state index contributed by atoms with van der Waals surface area (Å²) >= 11 is 0. The molecule has 1 saturated heterocycles. The van der Waals surface area contributed by atoms with Crippen LogP contribution in [0.4, 0.5) is 19.0 Å². The van der Waals surface area contributed by atoms with Gasteiger partial charge in [0.1, 0.15) is 17.6 Å². The highest BCUT2D eigenvalue weighted by molar-refractivity contribution is 5.94. The highest BCUT2D eigenvalue weighted by Gasteiger charge is 2.32. The Morgan fingerprint density at radius 1 is 1.02 bits per heavy atom. The lowest BCUT2D eigenvalue weighted by molar-refractivity contribution is -0.151. The molecule has 0 saturated carbocycles. The van der Waals surface area contributed by atoms with E-state index in [0.717, 1.165) is 36.7 Å². The number of esters is 1. The molecule has 2 aromatic heterocycles. The summed E-state index contributed by atoms with van der Waals surface area (Å²) in [5, 5.41) is 0. The molecule has 1 fully saturated rings. The average molecular weight is 555 g/mol. The molecule has 4 rings (SSSR count). The Kier molecular flexibility index (Phi) is 9.49. The van der Waals surface area contributed by atoms with Crippen LogP contribution in [-0.4, -0.2) is 66.2 Å². The Morgan fingerprint density at radius 3 is 2.38 bits per heavy atom. The van der Waals surface area contributed by atoms with Gasteiger partial charge in [0.05, 0.1) is 20.3 Å². The molecule has 8 nitrogen and oxygen atoms in total. The number of nitrogens with zero attached hydrogens (tertiary/aromatic N) is 4. The van der Waals surface area contributed by atoms with Gasteiger partial charge in [0.2, 0.25) is 5.91 Å². The first-order valence-corrected chi connectivity index (χ1v) is 12.7. The number of ether oxygens (including phenoxy) is 2. The predicted molar refractivity (Wildman–Crippen MR) is 142 cm³/mol. The van der Waals surface area contributed by atoms with Gasteiger partial charge in [-0.05, 0) is 34.9 Å². The third-order valence-electron chi connectivity index (χ3n) is 6.40. The van der Waals surface area contributed by atoms with Crippen LogP contribution in [0.2, 0.25) is 0 Å². The number of alkyl halides is 3. The quantitative estimate of drug-likeness (QED) is 0.290. The number of anilines is 1. The van der Waals surface area contributed by atoms with Crippen molar-refractivity contribution >= 4 is 23.8 Å². The number of hydrogen-bond donors (Lipinski definition) is 0. The summed E-state index contributed by atoms with van der Waals surface area (Å²) < 4.78 is 49.0. The van der Waals surface area contributed by atoms with Crippen molar-refractivity contribution in [2.45, 2.75) is 25.2 Å². The molecule has 0 N–H and O–H groups in total. The van der Waals surface area contributed by atoms with Crippen LogP contribution in [0.25, 0.3) is 6.08 Å². The van der Waals surface area contributed by atoms with Crippen molar-refractivity contribution in [2.24, 2.45) is 0 Å². The zero-order valence-electron chi connectivity index (χ0n) is 21.9. The molecule has 0 unspecified atom stereocenters. The van der Waals surface area contributed by atoms with Gasteiger partial charge < -0.3 is 19.3 Å². The van der Waals surface area contributed by atoms with E-state index in [9.17, 15) is 22.8 Å². The van der Waals surface area contributed by atoms with E-state index in [1.165, 1.54) is 30.2 Å². The maximum absolute atomic E-state index is 13.5. The molecule has 1 aliphatic heterocycles. The first-order valence-electron chi connectivity index (χ1n) is 12.7. The molecule has 0 aliphatic carbocycles. The number of pyridine rings is 2. The topological polar surface area (TPSA) is 84.9 Å². The Bertz CT molecular complexity index is 1290. The van der Waals surface area contributed by atoms with Gasteiger partial charge in [-0.25, -0.2) is 9.78 Å². The molecule has 1 aliphatic rings. The first kappa shape index (κ1) is 28.8. The second-order valence-electron chi connectivity index (χ2n) is 9.13. The second kappa shape index (κ2) is 13.2. The van der Waals surface area contributed by atoms with Gasteiger partial charge in [-0.15, -0.1) is 0 Å². The molecule has 0 spiro atoms. The number of aromatic nitrogens is 2. The van der Waals surface area contributed by atoms with Crippen molar-refractivity contribution in [3.63, 3.8) is 0 Å². The summed E-state index contributed by atoms with van der Waals surface area (Å²) in [5.41, 5.74) is 0.791. The van der Waals surface area contributed by atoms with Gasteiger partial charge in [0.15, 0.2) is 0 Å². The lowest BCUT2D eigenvalue weighted by atomic mass is 10.0. The zero-order chi connectivity index (χ0) is 28.5. The third kappa shape index (κ3) is 7.66. The van der Waals surface area contributed by atoms with Crippen molar-refractivity contribution < 1.29 is 32.2 Å². The third-order valence-corrected chi connectivity index (χ3v) is 6.40. The van der Waals surface area contributed by atoms with Gasteiger partial charge in [-0.2, -0.15) is 13.2 Å². The minimum atomic E-state index is -4.56. The minimum absolute atomic E-state index is 0.0530.